The molecule has 0 fully saturated rings. The Morgan fingerprint density at radius 2 is 1.85 bits per heavy atom. The van der Waals surface area contributed by atoms with Gasteiger partial charge < -0.3 is 4.57 Å². The molecule has 4 rings (SSSR count). The van der Waals surface area contributed by atoms with Crippen LogP contribution in [0.25, 0.3) is 27.8 Å². The lowest BCUT2D eigenvalue weighted by Gasteiger charge is -2.26. The molecule has 0 radical (unpaired) electrons. The molecule has 0 spiro atoms. The van der Waals surface area contributed by atoms with E-state index in [0.717, 1.165) is 22.5 Å². The molecule has 0 aliphatic carbocycles. The summed E-state index contributed by atoms with van der Waals surface area (Å²) < 4.78 is 40.3. The summed E-state index contributed by atoms with van der Waals surface area (Å²) in [6.45, 7) is 3.38. The second kappa shape index (κ2) is 8.01. The van der Waals surface area contributed by atoms with Gasteiger partial charge in [-0.1, -0.05) is 12.1 Å². The third kappa shape index (κ3) is 3.74. The number of halogens is 3. The number of benzene rings is 1. The zero-order valence-electron chi connectivity index (χ0n) is 17.8. The highest BCUT2D eigenvalue weighted by Crippen LogP contribution is 2.35. The number of imide groups is 1. The molecule has 2 amide bonds. The molecule has 10 heteroatoms. The van der Waals surface area contributed by atoms with E-state index in [1.165, 1.54) is 23.5 Å². The zero-order chi connectivity index (χ0) is 24.1. The molecule has 3 heterocycles. The first-order valence-corrected chi connectivity index (χ1v) is 10.7. The summed E-state index contributed by atoms with van der Waals surface area (Å²) >= 11 is 1.30. The highest BCUT2D eigenvalue weighted by Gasteiger charge is 2.34. The average molecular weight is 470 g/mol. The molecule has 33 heavy (non-hydrogen) atoms. The number of carbonyl (C=O) groups excluding carboxylic acids is 2. The summed E-state index contributed by atoms with van der Waals surface area (Å²) in [5, 5.41) is 9.37. The first kappa shape index (κ1) is 22.5. The van der Waals surface area contributed by atoms with Crippen molar-refractivity contribution < 1.29 is 22.8 Å². The molecule has 6 nitrogen and oxygen atoms in total. The van der Waals surface area contributed by atoms with E-state index >= 15 is 0 Å². The second-order valence-corrected chi connectivity index (χ2v) is 8.50. The van der Waals surface area contributed by atoms with Gasteiger partial charge in [-0.05, 0) is 43.7 Å². The van der Waals surface area contributed by atoms with Crippen LogP contribution in [0.1, 0.15) is 24.3 Å². The van der Waals surface area contributed by atoms with E-state index in [-0.39, 0.29) is 17.7 Å². The van der Waals surface area contributed by atoms with Gasteiger partial charge in [0.25, 0.3) is 11.8 Å². The Morgan fingerprint density at radius 1 is 1.18 bits per heavy atom. The number of aromatic nitrogens is 2. The number of amides is 2. The molecule has 0 atom stereocenters. The van der Waals surface area contributed by atoms with Crippen LogP contribution in [-0.4, -0.2) is 32.8 Å². The lowest BCUT2D eigenvalue weighted by atomic mass is 9.95. The maximum Gasteiger partial charge on any atom is 0.416 e. The van der Waals surface area contributed by atoms with E-state index in [9.17, 15) is 28.0 Å². The highest BCUT2D eigenvalue weighted by molar-refractivity contribution is 7.19. The Hall–Kier alpha value is -3.71. The molecule has 0 bridgehead atoms. The molecular formula is C23H17F3N4O2S. The number of fused-ring (bicyclic) bond motifs is 1. The Bertz CT molecular complexity index is 1400. The van der Waals surface area contributed by atoms with E-state index in [4.69, 9.17) is 0 Å². The van der Waals surface area contributed by atoms with Crippen LogP contribution in [0.5, 0.6) is 0 Å². The molecule has 0 unspecified atom stereocenters. The lowest BCUT2D eigenvalue weighted by Crippen LogP contribution is -2.42. The van der Waals surface area contributed by atoms with Crippen molar-refractivity contribution >= 4 is 39.6 Å². The Kier molecular flexibility index (Phi) is 5.46. The fourth-order valence-corrected chi connectivity index (χ4v) is 4.70. The fraction of sp³-hybridized carbons (Fsp3) is 0.217. The number of nitrogens with zero attached hydrogens (tertiary/aromatic N) is 4. The number of imidazole rings is 1. The Balaban J connectivity index is 1.74. The quantitative estimate of drug-likeness (QED) is 0.402. The number of carbonyl (C=O) groups is 2. The van der Waals surface area contributed by atoms with Crippen LogP contribution in [0.15, 0.2) is 47.1 Å². The minimum Gasteiger partial charge on any atom is -0.326 e. The van der Waals surface area contributed by atoms with Gasteiger partial charge in [-0.2, -0.15) is 18.4 Å². The maximum atomic E-state index is 12.8. The standard InChI is InChI=1S/C23H17F3N4O2S/c1-4-30-21(31)16(12(2)17(11-27)22(30)32)9-15-10-18-20(33-15)28-19(29(18)3)13-5-7-14(8-6-13)23(24,25)26/h5-10H,4H2,1-3H3/b16-9-. The Labute approximate surface area is 190 Å². The number of hydrogen-bond acceptors (Lipinski definition) is 5. The lowest BCUT2D eigenvalue weighted by molar-refractivity contribution is -0.140. The molecule has 168 valence electrons. The van der Waals surface area contributed by atoms with Crippen molar-refractivity contribution in [1.29, 1.82) is 5.26 Å². The third-order valence-corrected chi connectivity index (χ3v) is 6.46. The summed E-state index contributed by atoms with van der Waals surface area (Å²) in [5.41, 5.74) is 1.09. The fourth-order valence-electron chi connectivity index (χ4n) is 3.69. The van der Waals surface area contributed by atoms with Crippen LogP contribution in [-0.2, 0) is 22.8 Å². The number of hydrogen-bond donors (Lipinski definition) is 0. The van der Waals surface area contributed by atoms with E-state index in [2.05, 4.69) is 4.98 Å². The van der Waals surface area contributed by atoms with Gasteiger partial charge in [-0.15, -0.1) is 11.3 Å². The van der Waals surface area contributed by atoms with Gasteiger partial charge in [-0.25, -0.2) is 4.98 Å². The van der Waals surface area contributed by atoms with Crippen LogP contribution in [0, 0.1) is 11.3 Å². The summed E-state index contributed by atoms with van der Waals surface area (Å²) in [5.74, 6) is -0.544. The Morgan fingerprint density at radius 3 is 2.39 bits per heavy atom. The summed E-state index contributed by atoms with van der Waals surface area (Å²) in [6.07, 6.45) is -2.77. The molecule has 2 aromatic heterocycles. The minimum absolute atomic E-state index is 0.0634. The van der Waals surface area contributed by atoms with E-state index in [1.54, 1.807) is 31.5 Å². The van der Waals surface area contributed by atoms with Crippen molar-refractivity contribution in [2.24, 2.45) is 7.05 Å². The van der Waals surface area contributed by atoms with Crippen molar-refractivity contribution in [3.05, 3.63) is 57.5 Å². The SMILES string of the molecule is CCN1C(=O)C(C#N)=C(C)/C(=C/c2cc3c(nc(-c4ccc(C(F)(F)F)cc4)n3C)s2)C1=O. The molecule has 0 N–H and O–H groups in total. The minimum atomic E-state index is -4.41. The second-order valence-electron chi connectivity index (χ2n) is 7.43. The van der Waals surface area contributed by atoms with Crippen molar-refractivity contribution in [3.8, 4) is 17.5 Å². The molecule has 3 aromatic rings. The molecule has 0 saturated carbocycles. The molecule has 1 aliphatic heterocycles. The van der Waals surface area contributed by atoms with Crippen LogP contribution >= 0.6 is 11.3 Å². The van der Waals surface area contributed by atoms with Crippen molar-refractivity contribution in [2.45, 2.75) is 20.0 Å². The van der Waals surface area contributed by atoms with E-state index in [1.807, 2.05) is 12.1 Å². The first-order valence-electron chi connectivity index (χ1n) is 9.90. The number of thiophene rings is 1. The van der Waals surface area contributed by atoms with Gasteiger partial charge in [0.15, 0.2) is 0 Å². The normalized spacial score (nSPS) is 16.3. The number of nitriles is 1. The topological polar surface area (TPSA) is 79.0 Å². The zero-order valence-corrected chi connectivity index (χ0v) is 18.6. The van der Waals surface area contributed by atoms with Gasteiger partial charge in [-0.3, -0.25) is 14.5 Å². The van der Waals surface area contributed by atoms with Crippen molar-refractivity contribution in [3.63, 3.8) is 0 Å². The largest absolute Gasteiger partial charge is 0.416 e. The van der Waals surface area contributed by atoms with Gasteiger partial charge in [0.1, 0.15) is 22.3 Å². The van der Waals surface area contributed by atoms with Crippen LogP contribution in [0.4, 0.5) is 13.2 Å². The summed E-state index contributed by atoms with van der Waals surface area (Å²) in [7, 11) is 1.76. The van der Waals surface area contributed by atoms with Crippen molar-refractivity contribution in [2.75, 3.05) is 6.54 Å². The predicted molar refractivity (Wildman–Crippen MR) is 118 cm³/mol. The summed E-state index contributed by atoms with van der Waals surface area (Å²) in [4.78, 5) is 32.1. The maximum absolute atomic E-state index is 12.8. The van der Waals surface area contributed by atoms with Crippen LogP contribution in [0.3, 0.4) is 0 Å². The number of rotatable bonds is 3. The number of aryl methyl sites for hydroxylation is 1. The third-order valence-electron chi connectivity index (χ3n) is 5.50. The molecule has 0 saturated heterocycles. The highest BCUT2D eigenvalue weighted by atomic mass is 32.1. The van der Waals surface area contributed by atoms with Gasteiger partial charge in [0, 0.05) is 29.6 Å². The van der Waals surface area contributed by atoms with Crippen LogP contribution in [0.2, 0.25) is 0 Å². The number of likely N-dealkylation sites (N-methyl/N-ethyl adjacent to an activating group) is 1. The average Bonchev–Trinajstić information content (AvgIpc) is 3.30. The predicted octanol–water partition coefficient (Wildman–Crippen LogP) is 4.93. The van der Waals surface area contributed by atoms with Gasteiger partial charge in [0.05, 0.1) is 11.1 Å². The smallest absolute Gasteiger partial charge is 0.326 e. The van der Waals surface area contributed by atoms with Gasteiger partial charge >= 0.3 is 6.18 Å². The van der Waals surface area contributed by atoms with Crippen molar-refractivity contribution in [1.82, 2.24) is 14.5 Å². The van der Waals surface area contributed by atoms with Gasteiger partial charge in [0.2, 0.25) is 0 Å². The first-order chi connectivity index (χ1) is 15.6. The van der Waals surface area contributed by atoms with Crippen LogP contribution < -0.4 is 0 Å². The monoisotopic (exact) mass is 470 g/mol. The molecular weight excluding hydrogens is 453 g/mol. The molecule has 1 aliphatic rings. The van der Waals surface area contributed by atoms with E-state index in [0.29, 0.717) is 26.7 Å². The summed E-state index contributed by atoms with van der Waals surface area (Å²) in [6, 6.07) is 8.50. The van der Waals surface area contributed by atoms with E-state index < -0.39 is 23.6 Å². The number of alkyl halides is 3. The molecule has 1 aromatic carbocycles.